The van der Waals surface area contributed by atoms with Gasteiger partial charge < -0.3 is 23.7 Å². The zero-order valence-electron chi connectivity index (χ0n) is 12.0. The number of furan rings is 1. The highest BCUT2D eigenvalue weighted by molar-refractivity contribution is 5.86. The molecule has 0 fully saturated rings. The summed E-state index contributed by atoms with van der Waals surface area (Å²) in [6.45, 7) is 0.219. The van der Waals surface area contributed by atoms with Gasteiger partial charge in [-0.1, -0.05) is 6.07 Å². The standard InChI is InChI=1S/C17H14O5/c1-19-14-4-2-10(7-13(14)18)6-12-8-11-3-5-15-17(16(11)22-12)21-9-20-15/h2-5,7-8,18H,6,9H2,1H3. The van der Waals surface area contributed by atoms with Gasteiger partial charge in [-0.25, -0.2) is 0 Å². The normalized spacial score (nSPS) is 12.8. The summed E-state index contributed by atoms with van der Waals surface area (Å²) in [6, 6.07) is 11.1. The van der Waals surface area contributed by atoms with Crippen LogP contribution in [0.25, 0.3) is 11.0 Å². The van der Waals surface area contributed by atoms with Crippen molar-refractivity contribution in [3.63, 3.8) is 0 Å². The molecule has 1 aliphatic heterocycles. The predicted molar refractivity (Wildman–Crippen MR) is 79.8 cm³/mol. The first-order valence-corrected chi connectivity index (χ1v) is 6.91. The van der Waals surface area contributed by atoms with E-state index < -0.39 is 0 Å². The van der Waals surface area contributed by atoms with E-state index in [0.717, 1.165) is 16.7 Å². The molecule has 4 rings (SSSR count). The number of aromatic hydroxyl groups is 1. The molecule has 0 saturated carbocycles. The van der Waals surface area contributed by atoms with Gasteiger partial charge >= 0.3 is 0 Å². The second-order valence-electron chi connectivity index (χ2n) is 5.11. The van der Waals surface area contributed by atoms with Crippen molar-refractivity contribution in [1.82, 2.24) is 0 Å². The molecule has 0 atom stereocenters. The Bertz CT molecular complexity index is 850. The Morgan fingerprint density at radius 1 is 1.14 bits per heavy atom. The van der Waals surface area contributed by atoms with Gasteiger partial charge in [-0.2, -0.15) is 0 Å². The van der Waals surface area contributed by atoms with Crippen molar-refractivity contribution in [2.75, 3.05) is 13.9 Å². The predicted octanol–water partition coefficient (Wildman–Crippen LogP) is 3.47. The zero-order chi connectivity index (χ0) is 15.1. The summed E-state index contributed by atoms with van der Waals surface area (Å²) >= 11 is 0. The van der Waals surface area contributed by atoms with Crippen molar-refractivity contribution >= 4 is 11.0 Å². The molecule has 112 valence electrons. The smallest absolute Gasteiger partial charge is 0.231 e. The third kappa shape index (κ3) is 2.02. The lowest BCUT2D eigenvalue weighted by atomic mass is 10.1. The largest absolute Gasteiger partial charge is 0.504 e. The Hall–Kier alpha value is -2.82. The minimum atomic E-state index is 0.119. The fraction of sp³-hybridized carbons (Fsp3) is 0.176. The quantitative estimate of drug-likeness (QED) is 0.802. The summed E-state index contributed by atoms with van der Waals surface area (Å²) < 4.78 is 21.7. The lowest BCUT2D eigenvalue weighted by Crippen LogP contribution is -1.93. The van der Waals surface area contributed by atoms with Crippen LogP contribution in [0.15, 0.2) is 40.8 Å². The van der Waals surface area contributed by atoms with Crippen molar-refractivity contribution in [1.29, 1.82) is 0 Å². The Morgan fingerprint density at radius 2 is 2.05 bits per heavy atom. The summed E-state index contributed by atoms with van der Waals surface area (Å²) in [5.41, 5.74) is 1.63. The van der Waals surface area contributed by atoms with Crippen LogP contribution in [0.5, 0.6) is 23.0 Å². The molecule has 1 N–H and O–H groups in total. The molecule has 0 bridgehead atoms. The molecule has 1 aromatic heterocycles. The van der Waals surface area contributed by atoms with E-state index in [4.69, 9.17) is 18.6 Å². The highest BCUT2D eigenvalue weighted by Crippen LogP contribution is 2.40. The maximum absolute atomic E-state index is 9.84. The molecule has 0 spiro atoms. The number of hydrogen-bond acceptors (Lipinski definition) is 5. The van der Waals surface area contributed by atoms with Crippen molar-refractivity contribution in [2.24, 2.45) is 0 Å². The first-order valence-electron chi connectivity index (χ1n) is 6.91. The molecular formula is C17H14O5. The van der Waals surface area contributed by atoms with Crippen molar-refractivity contribution in [3.05, 3.63) is 47.7 Å². The number of ether oxygens (including phenoxy) is 3. The minimum absolute atomic E-state index is 0.119. The molecule has 2 aromatic carbocycles. The van der Waals surface area contributed by atoms with Gasteiger partial charge in [-0.3, -0.25) is 0 Å². The second kappa shape index (κ2) is 4.87. The fourth-order valence-electron chi connectivity index (χ4n) is 2.65. The summed E-state index contributed by atoms with van der Waals surface area (Å²) in [6.07, 6.45) is 0.571. The molecule has 0 aliphatic carbocycles. The molecule has 0 radical (unpaired) electrons. The maximum Gasteiger partial charge on any atom is 0.231 e. The van der Waals surface area contributed by atoms with E-state index in [-0.39, 0.29) is 12.5 Å². The molecule has 1 aliphatic rings. The average Bonchev–Trinajstić information content (AvgIpc) is 3.12. The van der Waals surface area contributed by atoms with Gasteiger partial charge in [0.05, 0.1) is 7.11 Å². The fourth-order valence-corrected chi connectivity index (χ4v) is 2.65. The average molecular weight is 298 g/mol. The number of hydrogen-bond donors (Lipinski definition) is 1. The van der Waals surface area contributed by atoms with Crippen LogP contribution < -0.4 is 14.2 Å². The summed E-state index contributed by atoms with van der Waals surface area (Å²) in [7, 11) is 1.52. The summed E-state index contributed by atoms with van der Waals surface area (Å²) in [4.78, 5) is 0. The van der Waals surface area contributed by atoms with Crippen LogP contribution in [0.4, 0.5) is 0 Å². The number of rotatable bonds is 3. The van der Waals surface area contributed by atoms with Gasteiger partial charge in [0, 0.05) is 11.8 Å². The van der Waals surface area contributed by atoms with Gasteiger partial charge in [0.2, 0.25) is 12.5 Å². The third-order valence-corrected chi connectivity index (χ3v) is 3.70. The molecule has 0 amide bonds. The molecule has 3 aromatic rings. The van der Waals surface area contributed by atoms with Crippen molar-refractivity contribution < 1.29 is 23.7 Å². The van der Waals surface area contributed by atoms with Crippen LogP contribution >= 0.6 is 0 Å². The van der Waals surface area contributed by atoms with Gasteiger partial charge in [-0.05, 0) is 35.9 Å². The Labute approximate surface area is 126 Å². The molecule has 0 unspecified atom stereocenters. The van der Waals surface area contributed by atoms with E-state index in [1.54, 1.807) is 12.1 Å². The van der Waals surface area contributed by atoms with Crippen molar-refractivity contribution in [3.8, 4) is 23.0 Å². The monoisotopic (exact) mass is 298 g/mol. The van der Waals surface area contributed by atoms with Crippen LogP contribution in [-0.2, 0) is 6.42 Å². The molecular weight excluding hydrogens is 284 g/mol. The van der Waals surface area contributed by atoms with E-state index in [9.17, 15) is 5.11 Å². The van der Waals surface area contributed by atoms with Gasteiger partial charge in [0.25, 0.3) is 0 Å². The van der Waals surface area contributed by atoms with Crippen LogP contribution in [-0.4, -0.2) is 19.0 Å². The number of fused-ring (bicyclic) bond motifs is 3. The lowest BCUT2D eigenvalue weighted by molar-refractivity contribution is 0.174. The molecule has 5 nitrogen and oxygen atoms in total. The highest BCUT2D eigenvalue weighted by Gasteiger charge is 2.20. The van der Waals surface area contributed by atoms with Gasteiger partial charge in [-0.15, -0.1) is 0 Å². The maximum atomic E-state index is 9.84. The topological polar surface area (TPSA) is 61.1 Å². The van der Waals surface area contributed by atoms with E-state index in [2.05, 4.69) is 0 Å². The first-order chi connectivity index (χ1) is 10.7. The zero-order valence-corrected chi connectivity index (χ0v) is 12.0. The number of methoxy groups -OCH3 is 1. The Morgan fingerprint density at radius 3 is 2.86 bits per heavy atom. The highest BCUT2D eigenvalue weighted by atomic mass is 16.7. The lowest BCUT2D eigenvalue weighted by Gasteiger charge is -2.05. The Balaban J connectivity index is 1.69. The molecule has 2 heterocycles. The van der Waals surface area contributed by atoms with E-state index in [1.165, 1.54) is 7.11 Å². The number of benzene rings is 2. The Kier molecular flexibility index (Phi) is 2.85. The van der Waals surface area contributed by atoms with E-state index in [1.807, 2.05) is 24.3 Å². The molecule has 22 heavy (non-hydrogen) atoms. The second-order valence-corrected chi connectivity index (χ2v) is 5.11. The van der Waals surface area contributed by atoms with E-state index in [0.29, 0.717) is 29.3 Å². The minimum Gasteiger partial charge on any atom is -0.504 e. The van der Waals surface area contributed by atoms with Crippen LogP contribution in [0, 0.1) is 0 Å². The van der Waals surface area contributed by atoms with Gasteiger partial charge in [0.1, 0.15) is 5.76 Å². The third-order valence-electron chi connectivity index (χ3n) is 3.70. The van der Waals surface area contributed by atoms with E-state index >= 15 is 0 Å². The van der Waals surface area contributed by atoms with Crippen LogP contribution in [0.3, 0.4) is 0 Å². The van der Waals surface area contributed by atoms with Gasteiger partial charge in [0.15, 0.2) is 22.8 Å². The van der Waals surface area contributed by atoms with Crippen molar-refractivity contribution in [2.45, 2.75) is 6.42 Å². The number of phenolic OH excluding ortho intramolecular Hbond substituents is 1. The number of phenols is 1. The van der Waals surface area contributed by atoms with Crippen LogP contribution in [0.2, 0.25) is 0 Å². The first kappa shape index (κ1) is 12.9. The van der Waals surface area contributed by atoms with Crippen LogP contribution in [0.1, 0.15) is 11.3 Å². The summed E-state index contributed by atoms with van der Waals surface area (Å²) in [5.74, 6) is 2.73. The SMILES string of the molecule is COc1ccc(Cc2cc3ccc4c(c3o2)OCO4)cc1O. The molecule has 5 heteroatoms. The molecule has 0 saturated heterocycles. The summed E-state index contributed by atoms with van der Waals surface area (Å²) in [5, 5.41) is 10.8.